The third kappa shape index (κ3) is 12.3. The van der Waals surface area contributed by atoms with Crippen LogP contribution in [0.15, 0.2) is 105 Å². The zero-order chi connectivity index (χ0) is 39.0. The van der Waals surface area contributed by atoms with E-state index < -0.39 is 35.5 Å². The average Bonchev–Trinajstić information content (AvgIpc) is 3.14. The van der Waals surface area contributed by atoms with Crippen LogP contribution in [0.3, 0.4) is 0 Å². The summed E-state index contributed by atoms with van der Waals surface area (Å²) in [5, 5.41) is 22.0. The molecule has 0 aliphatic heterocycles. The minimum Gasteiger partial charge on any atom is -0.494 e. The van der Waals surface area contributed by atoms with Crippen molar-refractivity contribution in [1.29, 1.82) is 0 Å². The lowest BCUT2D eigenvalue weighted by Gasteiger charge is -2.11. The number of Topliss-reactive ketones (excluding diaryl/α,β-unsaturated/α-hetero) is 2. The molecule has 0 heterocycles. The first-order valence-corrected chi connectivity index (χ1v) is 18.2. The fourth-order valence-electron chi connectivity index (χ4n) is 4.77. The maximum absolute atomic E-state index is 12.9. The molecule has 2 amide bonds. The van der Waals surface area contributed by atoms with Crippen LogP contribution in [0.1, 0.15) is 53.4 Å². The maximum atomic E-state index is 12.9. The van der Waals surface area contributed by atoms with E-state index in [0.29, 0.717) is 47.2 Å². The SMILES string of the molecule is CCCCOc1ccc(NC(=O)C(N=Nc2ccc(-c3ccc(N=NC(C(C)=O)C(=O)Nc4ccc(OCCCC)cc4)c(Cl)c3)cc2Cl)C(C)=O)cc1. The zero-order valence-electron chi connectivity index (χ0n) is 30.5. The molecule has 0 saturated heterocycles. The number of hydrogen-bond acceptors (Lipinski definition) is 10. The second-order valence-electron chi connectivity index (χ2n) is 12.2. The topological polar surface area (TPSA) is 160 Å². The van der Waals surface area contributed by atoms with Crippen molar-refractivity contribution in [1.82, 2.24) is 0 Å². The summed E-state index contributed by atoms with van der Waals surface area (Å²) in [7, 11) is 0. The highest BCUT2D eigenvalue weighted by atomic mass is 35.5. The molecular weight excluding hydrogens is 731 g/mol. The predicted molar refractivity (Wildman–Crippen MR) is 211 cm³/mol. The van der Waals surface area contributed by atoms with Crippen molar-refractivity contribution >= 4 is 69.3 Å². The van der Waals surface area contributed by atoms with Gasteiger partial charge in [0.2, 0.25) is 12.1 Å². The number of rotatable bonds is 19. The summed E-state index contributed by atoms with van der Waals surface area (Å²) >= 11 is 13.0. The van der Waals surface area contributed by atoms with Crippen LogP contribution in [0.5, 0.6) is 11.5 Å². The number of hydrogen-bond donors (Lipinski definition) is 2. The van der Waals surface area contributed by atoms with E-state index in [-0.39, 0.29) is 21.4 Å². The number of amides is 2. The number of anilines is 2. The van der Waals surface area contributed by atoms with E-state index >= 15 is 0 Å². The lowest BCUT2D eigenvalue weighted by Crippen LogP contribution is -2.31. The van der Waals surface area contributed by atoms with Crippen molar-refractivity contribution in [3.8, 4) is 22.6 Å². The van der Waals surface area contributed by atoms with E-state index in [1.807, 2.05) is 0 Å². The van der Waals surface area contributed by atoms with Crippen LogP contribution in [0.4, 0.5) is 22.7 Å². The second-order valence-corrected chi connectivity index (χ2v) is 13.0. The Kier molecular flexibility index (Phi) is 15.8. The van der Waals surface area contributed by atoms with Crippen molar-refractivity contribution in [3.63, 3.8) is 0 Å². The van der Waals surface area contributed by atoms with E-state index in [0.717, 1.165) is 25.7 Å². The molecule has 0 saturated carbocycles. The monoisotopic (exact) mass is 772 g/mol. The Morgan fingerprint density at radius 2 is 0.963 bits per heavy atom. The number of nitrogens with one attached hydrogen (secondary N) is 2. The molecule has 14 heteroatoms. The number of carbonyl (C=O) groups excluding carboxylic acids is 4. The molecule has 4 rings (SSSR count). The average molecular weight is 774 g/mol. The summed E-state index contributed by atoms with van der Waals surface area (Å²) in [6.45, 7) is 7.87. The van der Waals surface area contributed by atoms with E-state index in [4.69, 9.17) is 32.7 Å². The first-order chi connectivity index (χ1) is 26.0. The van der Waals surface area contributed by atoms with Crippen molar-refractivity contribution in [2.45, 2.75) is 65.5 Å². The van der Waals surface area contributed by atoms with Crippen LogP contribution in [-0.4, -0.2) is 48.7 Å². The van der Waals surface area contributed by atoms with Crippen LogP contribution in [0.25, 0.3) is 11.1 Å². The number of carbonyl (C=O) groups is 4. The minimum absolute atomic E-state index is 0.214. The molecule has 12 nitrogen and oxygen atoms in total. The smallest absolute Gasteiger partial charge is 0.258 e. The summed E-state index contributed by atoms with van der Waals surface area (Å²) in [5.41, 5.74) is 2.80. The van der Waals surface area contributed by atoms with Crippen molar-refractivity contribution < 1.29 is 28.7 Å². The van der Waals surface area contributed by atoms with Gasteiger partial charge >= 0.3 is 0 Å². The van der Waals surface area contributed by atoms with Crippen LogP contribution in [0, 0.1) is 0 Å². The first-order valence-electron chi connectivity index (χ1n) is 17.5. The van der Waals surface area contributed by atoms with Crippen LogP contribution in [0.2, 0.25) is 10.0 Å². The molecular formula is C40H42Cl2N6O6. The van der Waals surface area contributed by atoms with Gasteiger partial charge in [-0.25, -0.2) is 0 Å². The van der Waals surface area contributed by atoms with Gasteiger partial charge in [0.05, 0.1) is 23.3 Å². The molecule has 0 radical (unpaired) electrons. The van der Waals surface area contributed by atoms with Gasteiger partial charge in [-0.3, -0.25) is 19.2 Å². The number of benzene rings is 4. The third-order valence-corrected chi connectivity index (χ3v) is 8.44. The molecule has 2 unspecified atom stereocenters. The van der Waals surface area contributed by atoms with Gasteiger partial charge in [0, 0.05) is 11.4 Å². The number of halogens is 2. The van der Waals surface area contributed by atoms with Crippen molar-refractivity contribution in [2.24, 2.45) is 20.5 Å². The summed E-state index contributed by atoms with van der Waals surface area (Å²) in [6, 6.07) is 20.8. The lowest BCUT2D eigenvalue weighted by molar-refractivity contribution is -0.127. The Bertz CT molecular complexity index is 1840. The summed E-state index contributed by atoms with van der Waals surface area (Å²) in [6.07, 6.45) is 3.91. The molecule has 0 spiro atoms. The molecule has 0 aliphatic rings. The Balaban J connectivity index is 1.39. The van der Waals surface area contributed by atoms with Gasteiger partial charge in [0.15, 0.2) is 11.6 Å². The van der Waals surface area contributed by atoms with Crippen molar-refractivity contribution in [3.05, 3.63) is 95.0 Å². The Morgan fingerprint density at radius 3 is 1.28 bits per heavy atom. The lowest BCUT2D eigenvalue weighted by atomic mass is 10.0. The number of unbranched alkanes of at least 4 members (excludes halogenated alkanes) is 2. The van der Waals surface area contributed by atoms with Crippen LogP contribution in [-0.2, 0) is 19.2 Å². The summed E-state index contributed by atoms with van der Waals surface area (Å²) in [5.74, 6) is -0.915. The van der Waals surface area contributed by atoms with Gasteiger partial charge < -0.3 is 20.1 Å². The molecule has 0 aliphatic carbocycles. The molecule has 54 heavy (non-hydrogen) atoms. The highest BCUT2D eigenvalue weighted by Crippen LogP contribution is 2.35. The number of ketones is 2. The number of nitrogens with zero attached hydrogens (tertiary/aromatic N) is 4. The van der Waals surface area contributed by atoms with E-state index in [1.54, 1.807) is 84.9 Å². The third-order valence-electron chi connectivity index (χ3n) is 7.83. The van der Waals surface area contributed by atoms with E-state index in [2.05, 4.69) is 44.9 Å². The van der Waals surface area contributed by atoms with Crippen molar-refractivity contribution in [2.75, 3.05) is 23.8 Å². The van der Waals surface area contributed by atoms with Crippen LogP contribution >= 0.6 is 23.2 Å². The number of azo groups is 2. The minimum atomic E-state index is -1.39. The normalized spacial score (nSPS) is 12.3. The Hall–Kier alpha value is -5.46. The molecule has 2 N–H and O–H groups in total. The van der Waals surface area contributed by atoms with Gasteiger partial charge in [0.25, 0.3) is 11.8 Å². The Morgan fingerprint density at radius 1 is 0.593 bits per heavy atom. The number of ether oxygens (including phenoxy) is 2. The maximum Gasteiger partial charge on any atom is 0.258 e. The first kappa shape index (κ1) is 41.3. The van der Waals surface area contributed by atoms with Gasteiger partial charge in [-0.2, -0.15) is 20.5 Å². The van der Waals surface area contributed by atoms with E-state index in [1.165, 1.54) is 13.8 Å². The standard InChI is InChI=1S/C40H42Cl2N6O6/c1-5-7-21-53-31-15-11-29(12-16-31)43-39(51)37(25(3)49)47-45-35-19-9-27(23-33(35)41)28-10-20-36(34(42)24-28)46-48-38(26(4)50)40(52)44-30-13-17-32(18-14-30)54-22-8-6-2/h9-20,23-24,37-38H,5-8,21-22H2,1-4H3,(H,43,51)(H,44,52). The quantitative estimate of drug-likeness (QED) is 0.0548. The van der Waals surface area contributed by atoms with Gasteiger partial charge in [-0.15, -0.1) is 0 Å². The van der Waals surface area contributed by atoms with E-state index in [9.17, 15) is 19.2 Å². The zero-order valence-corrected chi connectivity index (χ0v) is 32.0. The van der Waals surface area contributed by atoms with Gasteiger partial charge in [-0.1, -0.05) is 62.0 Å². The Labute approximate surface area is 324 Å². The van der Waals surface area contributed by atoms with Crippen LogP contribution < -0.4 is 20.1 Å². The van der Waals surface area contributed by atoms with Gasteiger partial charge in [0.1, 0.15) is 22.9 Å². The molecule has 4 aromatic rings. The molecule has 0 fully saturated rings. The largest absolute Gasteiger partial charge is 0.494 e. The summed E-state index contributed by atoms with van der Waals surface area (Å²) < 4.78 is 11.3. The highest BCUT2D eigenvalue weighted by Gasteiger charge is 2.24. The fraction of sp³-hybridized carbons (Fsp3) is 0.300. The molecule has 4 aromatic carbocycles. The predicted octanol–water partition coefficient (Wildman–Crippen LogP) is 10.4. The highest BCUT2D eigenvalue weighted by molar-refractivity contribution is 6.34. The van der Waals surface area contributed by atoms with Gasteiger partial charge in [-0.05, 0) is 111 Å². The fourth-order valence-corrected chi connectivity index (χ4v) is 5.21. The molecule has 0 bridgehead atoms. The molecule has 2 atom stereocenters. The second kappa shape index (κ2) is 20.7. The molecule has 282 valence electrons. The summed E-state index contributed by atoms with van der Waals surface area (Å²) in [4.78, 5) is 50.4. The molecule has 0 aromatic heterocycles.